The van der Waals surface area contributed by atoms with E-state index in [1.165, 1.54) is 0 Å². The fourth-order valence-electron chi connectivity index (χ4n) is 0.143. The maximum absolute atomic E-state index is 9.55. The first-order valence-corrected chi connectivity index (χ1v) is 1.77. The van der Waals surface area contributed by atoms with Crippen molar-refractivity contribution in [1.29, 1.82) is 0 Å². The largest absolute Gasteiger partial charge is 0.478 e. The SMILES string of the molecule is O=C(O)/C=C\C(=O)O.[Fe]. The molecule has 52 valence electrons. The van der Waals surface area contributed by atoms with Crippen LogP contribution in [0.25, 0.3) is 0 Å². The van der Waals surface area contributed by atoms with Crippen LogP contribution < -0.4 is 0 Å². The third-order valence-electron chi connectivity index (χ3n) is 0.368. The Morgan fingerprint density at radius 2 is 1.22 bits per heavy atom. The average Bonchev–Trinajstić information content (AvgIpc) is 1.61. The van der Waals surface area contributed by atoms with Crippen LogP contribution >= 0.6 is 0 Å². The standard InChI is InChI=1S/C4H4O4.Fe/c5-3(6)1-2-4(7)8;/h1-2H,(H,5,6)(H,7,8);/b2-1-;. The number of hydrogen-bond donors (Lipinski definition) is 2. The van der Waals surface area contributed by atoms with Gasteiger partial charge in [0.25, 0.3) is 0 Å². The molecule has 0 aliphatic rings. The molecule has 0 aromatic carbocycles. The van der Waals surface area contributed by atoms with Crippen LogP contribution in [0.2, 0.25) is 0 Å². The molecule has 0 aliphatic heterocycles. The molecule has 0 heterocycles. The summed E-state index contributed by atoms with van der Waals surface area (Å²) in [6.45, 7) is 0. The molecule has 0 radical (unpaired) electrons. The van der Waals surface area contributed by atoms with Crippen molar-refractivity contribution in [1.82, 2.24) is 0 Å². The smallest absolute Gasteiger partial charge is 0.328 e. The van der Waals surface area contributed by atoms with Gasteiger partial charge in [-0.3, -0.25) is 0 Å². The van der Waals surface area contributed by atoms with Gasteiger partial charge in [-0.25, -0.2) is 9.59 Å². The Hall–Kier alpha value is -0.801. The van der Waals surface area contributed by atoms with Crippen LogP contribution in [0, 0.1) is 0 Å². The van der Waals surface area contributed by atoms with Crippen LogP contribution in [-0.4, -0.2) is 22.2 Å². The minimum atomic E-state index is -1.26. The van der Waals surface area contributed by atoms with Gasteiger partial charge in [0.05, 0.1) is 0 Å². The number of carbonyl (C=O) groups is 2. The molecule has 0 saturated heterocycles. The summed E-state index contributed by atoms with van der Waals surface area (Å²) in [4.78, 5) is 19.1. The molecular weight excluding hydrogens is 168 g/mol. The quantitative estimate of drug-likeness (QED) is 0.443. The molecule has 0 aromatic heterocycles. The molecule has 0 fully saturated rings. The molecule has 9 heavy (non-hydrogen) atoms. The first-order valence-electron chi connectivity index (χ1n) is 1.77. The summed E-state index contributed by atoms with van der Waals surface area (Å²) in [5.74, 6) is -2.51. The van der Waals surface area contributed by atoms with Gasteiger partial charge >= 0.3 is 11.9 Å². The molecule has 0 spiro atoms. The minimum absolute atomic E-state index is 0. The van der Waals surface area contributed by atoms with Crippen molar-refractivity contribution in [2.75, 3.05) is 0 Å². The van der Waals surface area contributed by atoms with Gasteiger partial charge in [0.2, 0.25) is 0 Å². The zero-order chi connectivity index (χ0) is 6.57. The van der Waals surface area contributed by atoms with Crippen LogP contribution in [0.4, 0.5) is 0 Å². The number of rotatable bonds is 2. The summed E-state index contributed by atoms with van der Waals surface area (Å²) >= 11 is 0. The second kappa shape index (κ2) is 5.34. The molecule has 0 aliphatic carbocycles. The molecule has 0 saturated carbocycles. The van der Waals surface area contributed by atoms with E-state index in [0.717, 1.165) is 0 Å². The van der Waals surface area contributed by atoms with Crippen molar-refractivity contribution in [2.45, 2.75) is 0 Å². The number of carboxylic acid groups (broad SMARTS) is 2. The molecule has 0 amide bonds. The van der Waals surface area contributed by atoms with Gasteiger partial charge in [0, 0.05) is 29.2 Å². The van der Waals surface area contributed by atoms with Crippen LogP contribution in [0.15, 0.2) is 12.2 Å². The predicted octanol–water partition coefficient (Wildman–Crippen LogP) is -0.291. The second-order valence-electron chi connectivity index (χ2n) is 1.01. The maximum Gasteiger partial charge on any atom is 0.328 e. The Morgan fingerprint density at radius 3 is 1.33 bits per heavy atom. The van der Waals surface area contributed by atoms with Gasteiger partial charge in [-0.2, -0.15) is 0 Å². The van der Waals surface area contributed by atoms with Crippen molar-refractivity contribution in [3.05, 3.63) is 12.2 Å². The summed E-state index contributed by atoms with van der Waals surface area (Å²) in [6.07, 6.45) is 1.12. The van der Waals surface area contributed by atoms with Gasteiger partial charge in [-0.05, 0) is 0 Å². The van der Waals surface area contributed by atoms with E-state index < -0.39 is 11.9 Å². The molecule has 4 nitrogen and oxygen atoms in total. The Balaban J connectivity index is 0. The van der Waals surface area contributed by atoms with Gasteiger partial charge < -0.3 is 10.2 Å². The molecule has 2 N–H and O–H groups in total. The molecule has 0 bridgehead atoms. The van der Waals surface area contributed by atoms with Gasteiger partial charge in [0.15, 0.2) is 0 Å². The van der Waals surface area contributed by atoms with Crippen LogP contribution in [0.5, 0.6) is 0 Å². The van der Waals surface area contributed by atoms with Gasteiger partial charge in [-0.1, -0.05) is 0 Å². The van der Waals surface area contributed by atoms with E-state index in [1.807, 2.05) is 0 Å². The molecule has 5 heteroatoms. The topological polar surface area (TPSA) is 74.6 Å². The summed E-state index contributed by atoms with van der Waals surface area (Å²) in [7, 11) is 0. The Morgan fingerprint density at radius 1 is 1.00 bits per heavy atom. The van der Waals surface area contributed by atoms with Crippen LogP contribution in [0.3, 0.4) is 0 Å². The van der Waals surface area contributed by atoms with Crippen molar-refractivity contribution in [3.63, 3.8) is 0 Å². The van der Waals surface area contributed by atoms with E-state index in [4.69, 9.17) is 10.2 Å². The maximum atomic E-state index is 9.55. The monoisotopic (exact) mass is 172 g/mol. The normalized spacial score (nSPS) is 8.44. The molecule has 0 atom stereocenters. The van der Waals surface area contributed by atoms with Crippen molar-refractivity contribution in [3.8, 4) is 0 Å². The van der Waals surface area contributed by atoms with Crippen LogP contribution in [0.1, 0.15) is 0 Å². The zero-order valence-electron chi connectivity index (χ0n) is 4.22. The van der Waals surface area contributed by atoms with Crippen molar-refractivity contribution >= 4 is 11.9 Å². The summed E-state index contributed by atoms with van der Waals surface area (Å²) in [5.41, 5.74) is 0. The fourth-order valence-corrected chi connectivity index (χ4v) is 0.143. The van der Waals surface area contributed by atoms with E-state index in [0.29, 0.717) is 12.2 Å². The molecule has 0 rings (SSSR count). The van der Waals surface area contributed by atoms with E-state index >= 15 is 0 Å². The van der Waals surface area contributed by atoms with E-state index in [-0.39, 0.29) is 17.1 Å². The third kappa shape index (κ3) is 11.0. The fraction of sp³-hybridized carbons (Fsp3) is 0. The number of carboxylic acids is 2. The Labute approximate surface area is 61.7 Å². The first kappa shape index (κ1) is 11.1. The average molecular weight is 172 g/mol. The number of aliphatic carboxylic acids is 2. The molecule has 0 aromatic rings. The Bertz CT molecular complexity index is 124. The van der Waals surface area contributed by atoms with Crippen LogP contribution in [-0.2, 0) is 26.7 Å². The first-order chi connectivity index (χ1) is 3.63. The van der Waals surface area contributed by atoms with E-state index in [9.17, 15) is 9.59 Å². The predicted molar refractivity (Wildman–Crippen MR) is 24.4 cm³/mol. The van der Waals surface area contributed by atoms with E-state index in [2.05, 4.69) is 0 Å². The minimum Gasteiger partial charge on any atom is -0.478 e. The van der Waals surface area contributed by atoms with Crippen molar-refractivity contribution < 1.29 is 36.9 Å². The van der Waals surface area contributed by atoms with Crippen molar-refractivity contribution in [2.24, 2.45) is 0 Å². The summed E-state index contributed by atoms with van der Waals surface area (Å²) < 4.78 is 0. The number of hydrogen-bond acceptors (Lipinski definition) is 2. The van der Waals surface area contributed by atoms with Gasteiger partial charge in [0.1, 0.15) is 0 Å². The zero-order valence-corrected chi connectivity index (χ0v) is 5.32. The third-order valence-corrected chi connectivity index (χ3v) is 0.368. The molecular formula is C4H4FeO4. The van der Waals surface area contributed by atoms with Gasteiger partial charge in [-0.15, -0.1) is 0 Å². The summed E-state index contributed by atoms with van der Waals surface area (Å²) in [5, 5.41) is 15.6. The summed E-state index contributed by atoms with van der Waals surface area (Å²) in [6, 6.07) is 0. The molecule has 0 unspecified atom stereocenters. The Kier molecular flexibility index (Phi) is 6.56. The van der Waals surface area contributed by atoms with E-state index in [1.54, 1.807) is 0 Å². The second-order valence-corrected chi connectivity index (χ2v) is 1.01.